The quantitative estimate of drug-likeness (QED) is 0.598. The van der Waals surface area contributed by atoms with E-state index < -0.39 is 11.1 Å². The molecule has 0 fully saturated rings. The van der Waals surface area contributed by atoms with Crippen molar-refractivity contribution in [2.45, 2.75) is 43.4 Å². The summed E-state index contributed by atoms with van der Waals surface area (Å²) in [6.45, 7) is 6.01. The van der Waals surface area contributed by atoms with Crippen LogP contribution in [0, 0.1) is 0 Å². The van der Waals surface area contributed by atoms with Crippen LogP contribution in [0.15, 0.2) is 72.1 Å². The minimum Gasteiger partial charge on any atom is -0.497 e. The van der Waals surface area contributed by atoms with Crippen LogP contribution in [-0.4, -0.2) is 45.1 Å². The predicted molar refractivity (Wildman–Crippen MR) is 132 cm³/mol. The number of nitrogens with zero attached hydrogens (tertiary/aromatic N) is 3. The van der Waals surface area contributed by atoms with Gasteiger partial charge in [-0.05, 0) is 56.7 Å². The van der Waals surface area contributed by atoms with Crippen molar-refractivity contribution in [1.29, 1.82) is 0 Å². The summed E-state index contributed by atoms with van der Waals surface area (Å²) in [5, 5.41) is 3.74. The molecule has 2 aromatic heterocycles. The highest BCUT2D eigenvalue weighted by molar-refractivity contribution is 7.99. The number of thioether (sulfide) groups is 1. The van der Waals surface area contributed by atoms with Crippen LogP contribution in [0.3, 0.4) is 0 Å². The largest absolute Gasteiger partial charge is 0.497 e. The molecule has 7 nitrogen and oxygen atoms in total. The van der Waals surface area contributed by atoms with E-state index in [-0.39, 0.29) is 18.4 Å². The Labute approximate surface area is 203 Å². The molecule has 0 saturated heterocycles. The number of pyridine rings is 2. The first-order chi connectivity index (χ1) is 16.2. The van der Waals surface area contributed by atoms with Crippen LogP contribution < -0.4 is 10.1 Å². The van der Waals surface area contributed by atoms with Gasteiger partial charge in [0.2, 0.25) is 0 Å². The third-order valence-electron chi connectivity index (χ3n) is 5.63. The molecule has 3 heterocycles. The monoisotopic (exact) mass is 476 g/mol. The van der Waals surface area contributed by atoms with E-state index in [1.165, 1.54) is 11.8 Å². The van der Waals surface area contributed by atoms with E-state index in [0.717, 1.165) is 11.3 Å². The molecular formula is C26H28N4O3S. The molecule has 1 unspecified atom stereocenters. The summed E-state index contributed by atoms with van der Waals surface area (Å²) in [6.07, 6.45) is 4.99. The van der Waals surface area contributed by atoms with Gasteiger partial charge >= 0.3 is 0 Å². The molecule has 1 aliphatic rings. The second kappa shape index (κ2) is 9.46. The zero-order chi connectivity index (χ0) is 24.3. The molecular weight excluding hydrogens is 448 g/mol. The number of fused-ring (bicyclic) bond motifs is 1. The van der Waals surface area contributed by atoms with E-state index >= 15 is 0 Å². The number of nitrogens with one attached hydrogen (secondary N) is 1. The van der Waals surface area contributed by atoms with Crippen LogP contribution in [0.4, 0.5) is 0 Å². The molecule has 0 spiro atoms. The molecule has 2 amide bonds. The van der Waals surface area contributed by atoms with Crippen molar-refractivity contribution in [2.24, 2.45) is 0 Å². The first kappa shape index (κ1) is 23.8. The van der Waals surface area contributed by atoms with E-state index in [2.05, 4.69) is 15.3 Å². The van der Waals surface area contributed by atoms with Crippen molar-refractivity contribution in [3.8, 4) is 5.75 Å². The van der Waals surface area contributed by atoms with E-state index in [4.69, 9.17) is 4.74 Å². The highest BCUT2D eigenvalue weighted by Crippen LogP contribution is 2.41. The van der Waals surface area contributed by atoms with Gasteiger partial charge in [-0.25, -0.2) is 4.98 Å². The third kappa shape index (κ3) is 4.63. The fourth-order valence-electron chi connectivity index (χ4n) is 3.97. The summed E-state index contributed by atoms with van der Waals surface area (Å²) in [6, 6.07) is 14.7. The highest BCUT2D eigenvalue weighted by atomic mass is 32.2. The van der Waals surface area contributed by atoms with E-state index in [9.17, 15) is 9.59 Å². The molecule has 0 saturated carbocycles. The van der Waals surface area contributed by atoms with Crippen molar-refractivity contribution in [3.05, 3.63) is 83.8 Å². The number of amides is 2. The molecule has 4 rings (SSSR count). The number of carbonyl (C=O) groups is 2. The van der Waals surface area contributed by atoms with Crippen LogP contribution in [0.1, 0.15) is 42.3 Å². The average molecular weight is 477 g/mol. The van der Waals surface area contributed by atoms with Crippen molar-refractivity contribution < 1.29 is 14.3 Å². The summed E-state index contributed by atoms with van der Waals surface area (Å²) in [5.41, 5.74) is 0.213. The average Bonchev–Trinajstić information content (AvgIpc) is 2.95. The lowest BCUT2D eigenvalue weighted by Gasteiger charge is -2.43. The third-order valence-corrected chi connectivity index (χ3v) is 6.79. The van der Waals surface area contributed by atoms with E-state index in [1.54, 1.807) is 48.8 Å². The maximum absolute atomic E-state index is 14.1. The second-order valence-corrected chi connectivity index (χ2v) is 10.2. The molecule has 1 atom stereocenters. The molecule has 0 aliphatic carbocycles. The number of ether oxygens (including phenoxy) is 1. The second-order valence-electron chi connectivity index (χ2n) is 9.19. The fourth-order valence-corrected chi connectivity index (χ4v) is 5.21. The molecule has 1 aromatic carbocycles. The zero-order valence-electron chi connectivity index (χ0n) is 19.7. The Bertz CT molecular complexity index is 1180. The number of carbonyl (C=O) groups excluding carboxylic acids is 2. The summed E-state index contributed by atoms with van der Waals surface area (Å²) in [7, 11) is 1.61. The minimum atomic E-state index is -1.30. The predicted octanol–water partition coefficient (Wildman–Crippen LogP) is 4.04. The first-order valence-corrected chi connectivity index (χ1v) is 12.0. The van der Waals surface area contributed by atoms with Gasteiger partial charge in [-0.3, -0.25) is 14.6 Å². The summed E-state index contributed by atoms with van der Waals surface area (Å²) in [4.78, 5) is 38.6. The van der Waals surface area contributed by atoms with Crippen LogP contribution in [0.25, 0.3) is 0 Å². The van der Waals surface area contributed by atoms with Gasteiger partial charge in [0.05, 0.1) is 12.7 Å². The molecule has 3 aromatic rings. The Balaban J connectivity index is 1.91. The van der Waals surface area contributed by atoms with Gasteiger partial charge in [0, 0.05) is 42.0 Å². The van der Waals surface area contributed by atoms with E-state index in [0.29, 0.717) is 21.9 Å². The summed E-state index contributed by atoms with van der Waals surface area (Å²) >= 11 is 1.41. The van der Waals surface area contributed by atoms with E-state index in [1.807, 2.05) is 51.1 Å². The number of benzene rings is 1. The number of methoxy groups -OCH3 is 1. The number of hydrogen-bond donors (Lipinski definition) is 1. The Morgan fingerprint density at radius 3 is 2.53 bits per heavy atom. The molecule has 1 N–H and O–H groups in total. The maximum atomic E-state index is 14.1. The van der Waals surface area contributed by atoms with Crippen LogP contribution in [0.5, 0.6) is 5.75 Å². The topological polar surface area (TPSA) is 84.4 Å². The Morgan fingerprint density at radius 1 is 1.15 bits per heavy atom. The molecule has 0 bridgehead atoms. The Hall–Kier alpha value is -3.39. The van der Waals surface area contributed by atoms with Crippen molar-refractivity contribution in [3.63, 3.8) is 0 Å². The van der Waals surface area contributed by atoms with Gasteiger partial charge in [-0.2, -0.15) is 0 Å². The standard InChI is InChI=1S/C26H28N4O3S/c1-25(2,3)29-24(32)26(19-7-5-13-27-15-19)17-34-22-21(8-6-14-28-22)23(31)30(26)16-18-9-11-20(33-4)12-10-18/h5-15H,16-17H2,1-4H3,(H,29,32). The lowest BCUT2D eigenvalue weighted by atomic mass is 9.87. The number of rotatable bonds is 5. The molecule has 8 heteroatoms. The zero-order valence-corrected chi connectivity index (χ0v) is 20.6. The lowest BCUT2D eigenvalue weighted by molar-refractivity contribution is -0.133. The highest BCUT2D eigenvalue weighted by Gasteiger charge is 2.51. The van der Waals surface area contributed by atoms with Gasteiger partial charge in [0.15, 0.2) is 5.54 Å². The minimum absolute atomic E-state index is 0.226. The van der Waals surface area contributed by atoms with Crippen molar-refractivity contribution in [1.82, 2.24) is 20.2 Å². The first-order valence-electron chi connectivity index (χ1n) is 11.0. The number of hydrogen-bond acceptors (Lipinski definition) is 6. The fraction of sp³-hybridized carbons (Fsp3) is 0.308. The van der Waals surface area contributed by atoms with Crippen LogP contribution in [0.2, 0.25) is 0 Å². The van der Waals surface area contributed by atoms with Crippen LogP contribution >= 0.6 is 11.8 Å². The van der Waals surface area contributed by atoms with Crippen molar-refractivity contribution >= 4 is 23.6 Å². The lowest BCUT2D eigenvalue weighted by Crippen LogP contribution is -2.61. The smallest absolute Gasteiger partial charge is 0.258 e. The number of aromatic nitrogens is 2. The van der Waals surface area contributed by atoms with Crippen molar-refractivity contribution in [2.75, 3.05) is 12.9 Å². The van der Waals surface area contributed by atoms with Gasteiger partial charge in [-0.1, -0.05) is 18.2 Å². The molecule has 176 valence electrons. The van der Waals surface area contributed by atoms with Gasteiger partial charge < -0.3 is 15.0 Å². The van der Waals surface area contributed by atoms with Gasteiger partial charge in [-0.15, -0.1) is 11.8 Å². The SMILES string of the molecule is COc1ccc(CN2C(=O)c3cccnc3SCC2(C(=O)NC(C)(C)C)c2cccnc2)cc1. The van der Waals surface area contributed by atoms with Crippen LogP contribution in [-0.2, 0) is 16.9 Å². The Morgan fingerprint density at radius 2 is 1.88 bits per heavy atom. The molecule has 1 aliphatic heterocycles. The normalized spacial score (nSPS) is 18.1. The molecule has 34 heavy (non-hydrogen) atoms. The Kier molecular flexibility index (Phi) is 6.61. The summed E-state index contributed by atoms with van der Waals surface area (Å²) in [5.74, 6) is 0.513. The maximum Gasteiger partial charge on any atom is 0.258 e. The van der Waals surface area contributed by atoms with Gasteiger partial charge in [0.25, 0.3) is 11.8 Å². The van der Waals surface area contributed by atoms with Gasteiger partial charge in [0.1, 0.15) is 10.8 Å². The summed E-state index contributed by atoms with van der Waals surface area (Å²) < 4.78 is 5.29. The molecule has 0 radical (unpaired) electrons.